The van der Waals surface area contributed by atoms with Gasteiger partial charge in [0, 0.05) is 12.8 Å². The number of unbranched alkanes of at least 4 members (excludes halogenated alkanes) is 1. The van der Waals surface area contributed by atoms with Crippen molar-refractivity contribution in [1.29, 1.82) is 0 Å². The Bertz CT molecular complexity index is 1540. The lowest BCUT2D eigenvalue weighted by Gasteiger charge is -2.58. The van der Waals surface area contributed by atoms with E-state index < -0.39 is 11.9 Å². The number of hydrogen-bond donors (Lipinski definition) is 4. The minimum Gasteiger partial charge on any atom is -0.481 e. The first kappa shape index (κ1) is 53.7. The Hall–Kier alpha value is -1.66. The lowest BCUT2D eigenvalue weighted by molar-refractivity contribution is -0.139. The summed E-state index contributed by atoms with van der Waals surface area (Å²) in [7, 11) is 0. The second-order valence-electron chi connectivity index (χ2n) is 26.4. The van der Waals surface area contributed by atoms with E-state index >= 15 is 0 Å². The summed E-state index contributed by atoms with van der Waals surface area (Å²) in [4.78, 5) is 19.8. The smallest absolute Gasteiger partial charge is 0.303 e. The molecule has 0 unspecified atom stereocenters. The summed E-state index contributed by atoms with van der Waals surface area (Å²) < 4.78 is 0. The summed E-state index contributed by atoms with van der Waals surface area (Å²) in [5.41, 5.74) is 5.21. The van der Waals surface area contributed by atoms with Crippen LogP contribution in [0, 0.1) is 92.7 Å². The van der Waals surface area contributed by atoms with Crippen LogP contribution in [0.2, 0.25) is 0 Å². The number of fused-ring (bicyclic) bond motifs is 10. The van der Waals surface area contributed by atoms with Gasteiger partial charge in [-0.15, -0.1) is 0 Å². The van der Waals surface area contributed by atoms with Crippen molar-refractivity contribution in [3.8, 4) is 0 Å². The minimum absolute atomic E-state index is 0.0628. The molecule has 0 bridgehead atoms. The van der Waals surface area contributed by atoms with Crippen LogP contribution in [-0.4, -0.2) is 44.6 Å². The fourth-order valence-corrected chi connectivity index (χ4v) is 17.9. The third kappa shape index (κ3) is 11.7. The van der Waals surface area contributed by atoms with Crippen molar-refractivity contribution in [3.05, 3.63) is 23.3 Å². The summed E-state index contributed by atoms with van der Waals surface area (Å²) in [6.07, 6.45) is 35.3. The molecule has 0 spiro atoms. The molecular formula is C60H102O6. The van der Waals surface area contributed by atoms with Crippen molar-refractivity contribution in [2.75, 3.05) is 0 Å². The maximum Gasteiger partial charge on any atom is 0.303 e. The molecule has 0 heterocycles. The average Bonchev–Trinajstić information content (AvgIpc) is 3.80. The second kappa shape index (κ2) is 22.6. The van der Waals surface area contributed by atoms with Crippen LogP contribution in [-0.2, 0) is 9.59 Å². The van der Waals surface area contributed by atoms with Crippen molar-refractivity contribution >= 4 is 11.9 Å². The zero-order chi connectivity index (χ0) is 48.2. The molecule has 0 saturated heterocycles. The van der Waals surface area contributed by atoms with Gasteiger partial charge in [-0.1, -0.05) is 131 Å². The summed E-state index contributed by atoms with van der Waals surface area (Å²) >= 11 is 0. The van der Waals surface area contributed by atoms with Gasteiger partial charge in [0.25, 0.3) is 0 Å². The Morgan fingerprint density at radius 3 is 1.24 bits per heavy atom. The fourth-order valence-electron chi connectivity index (χ4n) is 17.9. The number of carbonyl (C=O) groups is 2. The first-order valence-corrected chi connectivity index (χ1v) is 28.3. The number of aliphatic hydroxyl groups excluding tert-OH is 2. The van der Waals surface area contributed by atoms with Crippen LogP contribution in [0.25, 0.3) is 0 Å². The number of rotatable bonds is 15. The van der Waals surface area contributed by atoms with Gasteiger partial charge in [-0.25, -0.2) is 0 Å². The largest absolute Gasteiger partial charge is 0.481 e. The van der Waals surface area contributed by atoms with Crippen LogP contribution in [0.4, 0.5) is 0 Å². The standard InChI is InChI=1S/2C27H46O.C6H10O4/c2*1-18(2)7-6-8-19(3)23-11-12-24-22-10-9-20-17-21(28)13-15-26(20,4)25(22)14-16-27(23,24)5;7-5(8)3-1-2-4-6(9)10/h2*9,18-19,21-25,28H,6-8,10-17H2,1-5H3;1-4H2,(H,7,8)(H,9,10)/t2*19-,21+,22+,23-,24+,25+,26+,27-;/m11./s1. The molecule has 0 amide bonds. The molecule has 6 fully saturated rings. The van der Waals surface area contributed by atoms with E-state index in [4.69, 9.17) is 10.2 Å². The van der Waals surface area contributed by atoms with Crippen LogP contribution in [0.1, 0.15) is 236 Å². The molecule has 0 aliphatic heterocycles. The van der Waals surface area contributed by atoms with Crippen molar-refractivity contribution in [3.63, 3.8) is 0 Å². The van der Waals surface area contributed by atoms with E-state index in [0.29, 0.717) is 34.5 Å². The molecule has 8 rings (SSSR count). The minimum atomic E-state index is -0.870. The van der Waals surface area contributed by atoms with Crippen molar-refractivity contribution in [2.24, 2.45) is 92.7 Å². The third-order valence-corrected chi connectivity index (χ3v) is 21.6. The van der Waals surface area contributed by atoms with E-state index in [9.17, 15) is 19.8 Å². The van der Waals surface area contributed by atoms with Gasteiger partial charge in [-0.05, 0) is 208 Å². The normalized spacial score (nSPS) is 40.9. The summed E-state index contributed by atoms with van der Waals surface area (Å²) in [6, 6.07) is 0. The number of aliphatic carboxylic acids is 2. The second-order valence-corrected chi connectivity index (χ2v) is 26.4. The third-order valence-electron chi connectivity index (χ3n) is 21.6. The highest BCUT2D eigenvalue weighted by molar-refractivity contribution is 5.67. The number of carboxylic acid groups (broad SMARTS) is 2. The molecule has 6 nitrogen and oxygen atoms in total. The van der Waals surface area contributed by atoms with E-state index in [1.165, 1.54) is 116 Å². The Morgan fingerprint density at radius 2 is 0.894 bits per heavy atom. The van der Waals surface area contributed by atoms with E-state index in [-0.39, 0.29) is 25.0 Å². The molecule has 0 radical (unpaired) electrons. The lowest BCUT2D eigenvalue weighted by Crippen LogP contribution is -2.50. The Kier molecular flexibility index (Phi) is 18.4. The summed E-state index contributed by atoms with van der Waals surface area (Å²) in [5, 5.41) is 36.7. The number of allylic oxidation sites excluding steroid dienone is 2. The molecule has 6 heteroatoms. The molecule has 8 aliphatic rings. The van der Waals surface area contributed by atoms with Crippen molar-refractivity contribution < 1.29 is 30.0 Å². The Morgan fingerprint density at radius 1 is 0.515 bits per heavy atom. The number of hydrogen-bond acceptors (Lipinski definition) is 4. The van der Waals surface area contributed by atoms with Gasteiger partial charge in [0.2, 0.25) is 0 Å². The molecule has 378 valence electrons. The van der Waals surface area contributed by atoms with Crippen LogP contribution in [0.15, 0.2) is 23.3 Å². The molecule has 8 aliphatic carbocycles. The molecular weight excluding hydrogens is 817 g/mol. The first-order chi connectivity index (χ1) is 31.1. The van der Waals surface area contributed by atoms with Crippen LogP contribution in [0.3, 0.4) is 0 Å². The SMILES string of the molecule is CC(C)CCC[C@@H](C)[C@H]1CC[C@H]2[C@@H]3CC=C4C[C@@H](O)CC[C@]4(C)[C@H]3CC[C@]12C.CC(C)CCC[C@@H](C)[C@H]1CC[C@H]2[C@@H]3CC=C4C[C@@H](O)CC[C@]4(C)[C@H]3CC[C@]12C.O=C(O)CCCCC(=O)O. The highest BCUT2D eigenvalue weighted by Crippen LogP contribution is 2.69. The predicted octanol–water partition coefficient (Wildman–Crippen LogP) is 15.5. The topological polar surface area (TPSA) is 115 Å². The molecule has 4 N–H and O–H groups in total. The highest BCUT2D eigenvalue weighted by Gasteiger charge is 2.60. The Labute approximate surface area is 404 Å². The van der Waals surface area contributed by atoms with Crippen LogP contribution >= 0.6 is 0 Å². The average molecular weight is 919 g/mol. The van der Waals surface area contributed by atoms with Gasteiger partial charge in [0.15, 0.2) is 0 Å². The monoisotopic (exact) mass is 919 g/mol. The lowest BCUT2D eigenvalue weighted by atomic mass is 9.47. The quantitative estimate of drug-likeness (QED) is 0.0961. The van der Waals surface area contributed by atoms with Gasteiger partial charge < -0.3 is 20.4 Å². The van der Waals surface area contributed by atoms with Gasteiger partial charge in [0.1, 0.15) is 0 Å². The number of aliphatic hydroxyl groups is 2. The summed E-state index contributed by atoms with van der Waals surface area (Å²) in [5.74, 6) is 9.17. The molecule has 6 saturated carbocycles. The van der Waals surface area contributed by atoms with E-state index in [0.717, 1.165) is 96.7 Å². The van der Waals surface area contributed by atoms with Gasteiger partial charge >= 0.3 is 11.9 Å². The molecule has 66 heavy (non-hydrogen) atoms. The number of carboxylic acids is 2. The van der Waals surface area contributed by atoms with Crippen molar-refractivity contribution in [2.45, 2.75) is 248 Å². The molecule has 0 aromatic rings. The van der Waals surface area contributed by atoms with E-state index in [1.807, 2.05) is 0 Å². The molecule has 0 aromatic heterocycles. The van der Waals surface area contributed by atoms with Gasteiger partial charge in [0.05, 0.1) is 12.2 Å². The summed E-state index contributed by atoms with van der Waals surface area (Å²) in [6.45, 7) is 25.1. The highest BCUT2D eigenvalue weighted by atomic mass is 16.4. The van der Waals surface area contributed by atoms with Crippen LogP contribution in [0.5, 0.6) is 0 Å². The maximum atomic E-state index is 10.2. The molecule has 0 aromatic carbocycles. The van der Waals surface area contributed by atoms with E-state index in [2.05, 4.69) is 81.4 Å². The molecule has 16 atom stereocenters. The zero-order valence-corrected chi connectivity index (χ0v) is 44.2. The van der Waals surface area contributed by atoms with Gasteiger partial charge in [-0.2, -0.15) is 0 Å². The fraction of sp³-hybridized carbons (Fsp3) is 0.900. The Balaban J connectivity index is 0.000000182. The van der Waals surface area contributed by atoms with E-state index in [1.54, 1.807) is 11.1 Å². The maximum absolute atomic E-state index is 10.2. The van der Waals surface area contributed by atoms with Gasteiger partial charge in [-0.3, -0.25) is 9.59 Å². The van der Waals surface area contributed by atoms with Crippen molar-refractivity contribution in [1.82, 2.24) is 0 Å². The first-order valence-electron chi connectivity index (χ1n) is 28.3. The predicted molar refractivity (Wildman–Crippen MR) is 272 cm³/mol. The van der Waals surface area contributed by atoms with Crippen LogP contribution < -0.4 is 0 Å². The zero-order valence-electron chi connectivity index (χ0n) is 44.2.